The first-order chi connectivity index (χ1) is 16.3. The van der Waals surface area contributed by atoms with E-state index in [0.29, 0.717) is 17.9 Å². The number of hydrogen-bond acceptors (Lipinski definition) is 7. The van der Waals surface area contributed by atoms with Crippen molar-refractivity contribution in [2.24, 2.45) is 0 Å². The lowest BCUT2D eigenvalue weighted by atomic mass is 10.1. The molecule has 3 aromatic rings. The van der Waals surface area contributed by atoms with Gasteiger partial charge in [0.25, 0.3) is 6.47 Å². The molecule has 2 aromatic carbocycles. The Hall–Kier alpha value is -3.65. The van der Waals surface area contributed by atoms with Gasteiger partial charge in [-0.05, 0) is 56.7 Å². The predicted octanol–water partition coefficient (Wildman–Crippen LogP) is 4.63. The molecule has 1 saturated heterocycles. The highest BCUT2D eigenvalue weighted by Gasteiger charge is 2.13. The zero-order valence-corrected chi connectivity index (χ0v) is 19.8. The highest BCUT2D eigenvalue weighted by atomic mass is 19.1. The standard InChI is InChI=1S/C21H21FN4O.C5H10O2/c22-19-13-16(23)3-6-21(19)27-20-7-8-25-14-18(20)15-1-4-17(5-2-15)26-11-9-24-10-12-26;1-5(2,3)7-4-6/h1-8,13-14,24H,9-12,23H2;4H,1-3H3. The minimum Gasteiger partial charge on any atom is -0.462 e. The van der Waals surface area contributed by atoms with Crippen molar-refractivity contribution in [2.75, 3.05) is 36.8 Å². The van der Waals surface area contributed by atoms with E-state index in [2.05, 4.69) is 32.1 Å². The Bertz CT molecular complexity index is 1080. The summed E-state index contributed by atoms with van der Waals surface area (Å²) in [7, 11) is 0. The molecule has 0 atom stereocenters. The maximum atomic E-state index is 14.1. The van der Waals surface area contributed by atoms with Crippen LogP contribution in [0.25, 0.3) is 11.1 Å². The van der Waals surface area contributed by atoms with Gasteiger partial charge in [-0.2, -0.15) is 0 Å². The maximum Gasteiger partial charge on any atom is 0.293 e. The van der Waals surface area contributed by atoms with E-state index in [1.165, 1.54) is 17.8 Å². The van der Waals surface area contributed by atoms with Crippen LogP contribution in [0.5, 0.6) is 11.5 Å². The summed E-state index contributed by atoms with van der Waals surface area (Å²) in [6.45, 7) is 9.91. The van der Waals surface area contributed by atoms with Crippen LogP contribution in [0.3, 0.4) is 0 Å². The van der Waals surface area contributed by atoms with Crippen molar-refractivity contribution in [3.05, 3.63) is 66.7 Å². The van der Waals surface area contributed by atoms with Crippen LogP contribution >= 0.6 is 0 Å². The number of carbonyl (C=O) groups is 1. The number of aromatic nitrogens is 1. The normalized spacial score (nSPS) is 13.5. The second kappa shape index (κ2) is 11.5. The number of nitrogens with two attached hydrogens (primary N) is 1. The van der Waals surface area contributed by atoms with E-state index in [1.807, 2.05) is 32.9 Å². The Morgan fingerprint density at radius 1 is 1.06 bits per heavy atom. The van der Waals surface area contributed by atoms with Gasteiger partial charge in [0.05, 0.1) is 0 Å². The molecule has 0 bridgehead atoms. The second-order valence-corrected chi connectivity index (χ2v) is 8.77. The summed E-state index contributed by atoms with van der Waals surface area (Å²) in [6, 6.07) is 14.4. The quantitative estimate of drug-likeness (QED) is 0.419. The SMILES string of the molecule is CC(C)(C)OC=O.Nc1ccc(Oc2ccncc2-c2ccc(N3CCNCC3)cc2)c(F)c1. The van der Waals surface area contributed by atoms with E-state index in [1.54, 1.807) is 24.5 Å². The summed E-state index contributed by atoms with van der Waals surface area (Å²) in [5, 5.41) is 3.36. The zero-order chi connectivity index (χ0) is 24.6. The number of benzene rings is 2. The van der Waals surface area contributed by atoms with Gasteiger partial charge in [0.1, 0.15) is 11.4 Å². The lowest BCUT2D eigenvalue weighted by Crippen LogP contribution is -2.43. The van der Waals surface area contributed by atoms with Crippen LogP contribution in [0.1, 0.15) is 20.8 Å². The molecule has 1 aromatic heterocycles. The molecule has 1 aliphatic heterocycles. The van der Waals surface area contributed by atoms with Crippen LogP contribution < -0.4 is 20.7 Å². The molecule has 2 heterocycles. The van der Waals surface area contributed by atoms with E-state index in [4.69, 9.17) is 10.5 Å². The zero-order valence-electron chi connectivity index (χ0n) is 19.8. The lowest BCUT2D eigenvalue weighted by molar-refractivity contribution is -0.138. The van der Waals surface area contributed by atoms with Gasteiger partial charge in [0.15, 0.2) is 11.6 Å². The van der Waals surface area contributed by atoms with Crippen molar-refractivity contribution < 1.29 is 18.7 Å². The summed E-state index contributed by atoms with van der Waals surface area (Å²) in [6.07, 6.45) is 3.35. The fourth-order valence-corrected chi connectivity index (χ4v) is 3.32. The highest BCUT2D eigenvalue weighted by Crippen LogP contribution is 2.34. The third-order valence-corrected chi connectivity index (χ3v) is 5.02. The molecule has 4 rings (SSSR count). The monoisotopic (exact) mass is 466 g/mol. The number of hydrogen-bond donors (Lipinski definition) is 2. The van der Waals surface area contributed by atoms with Gasteiger partial charge in [0, 0.05) is 61.6 Å². The third-order valence-electron chi connectivity index (χ3n) is 5.02. The fourth-order valence-electron chi connectivity index (χ4n) is 3.32. The van der Waals surface area contributed by atoms with E-state index in [9.17, 15) is 9.18 Å². The first-order valence-corrected chi connectivity index (χ1v) is 11.1. The van der Waals surface area contributed by atoms with Crippen molar-refractivity contribution in [1.82, 2.24) is 10.3 Å². The van der Waals surface area contributed by atoms with Gasteiger partial charge in [-0.25, -0.2) is 4.39 Å². The molecule has 0 spiro atoms. The number of carbonyl (C=O) groups excluding carboxylic acids is 1. The summed E-state index contributed by atoms with van der Waals surface area (Å²) in [4.78, 5) is 16.1. The molecule has 0 amide bonds. The van der Waals surface area contributed by atoms with Gasteiger partial charge in [-0.15, -0.1) is 0 Å². The molecule has 0 saturated carbocycles. The van der Waals surface area contributed by atoms with Crippen LogP contribution in [0.2, 0.25) is 0 Å². The molecule has 0 radical (unpaired) electrons. The van der Waals surface area contributed by atoms with Crippen molar-refractivity contribution in [3.63, 3.8) is 0 Å². The summed E-state index contributed by atoms with van der Waals surface area (Å²) in [5.74, 6) is 0.185. The highest BCUT2D eigenvalue weighted by molar-refractivity contribution is 5.71. The smallest absolute Gasteiger partial charge is 0.293 e. The number of halogens is 1. The largest absolute Gasteiger partial charge is 0.462 e. The lowest BCUT2D eigenvalue weighted by Gasteiger charge is -2.29. The van der Waals surface area contributed by atoms with Crippen LogP contribution in [0.15, 0.2) is 60.9 Å². The van der Waals surface area contributed by atoms with Gasteiger partial charge >= 0.3 is 0 Å². The van der Waals surface area contributed by atoms with E-state index in [0.717, 1.165) is 37.3 Å². The van der Waals surface area contributed by atoms with Gasteiger partial charge in [-0.1, -0.05) is 12.1 Å². The van der Waals surface area contributed by atoms with Crippen molar-refractivity contribution in [3.8, 4) is 22.6 Å². The van der Waals surface area contributed by atoms with Crippen molar-refractivity contribution >= 4 is 17.8 Å². The van der Waals surface area contributed by atoms with E-state index in [-0.39, 0.29) is 11.4 Å². The van der Waals surface area contributed by atoms with Gasteiger partial charge < -0.3 is 25.4 Å². The predicted molar refractivity (Wildman–Crippen MR) is 133 cm³/mol. The van der Waals surface area contributed by atoms with Gasteiger partial charge in [-0.3, -0.25) is 9.78 Å². The number of nitrogens with one attached hydrogen (secondary N) is 1. The molecule has 34 heavy (non-hydrogen) atoms. The molecule has 7 nitrogen and oxygen atoms in total. The maximum absolute atomic E-state index is 14.1. The Kier molecular flexibility index (Phi) is 8.43. The molecule has 1 fully saturated rings. The second-order valence-electron chi connectivity index (χ2n) is 8.77. The van der Waals surface area contributed by atoms with Crippen molar-refractivity contribution in [2.45, 2.75) is 26.4 Å². The Morgan fingerprint density at radius 2 is 1.76 bits per heavy atom. The first-order valence-electron chi connectivity index (χ1n) is 11.1. The van der Waals surface area contributed by atoms with Gasteiger partial charge in [0.2, 0.25) is 0 Å². The number of pyridine rings is 1. The van der Waals surface area contributed by atoms with Crippen LogP contribution in [-0.2, 0) is 9.53 Å². The van der Waals surface area contributed by atoms with Crippen LogP contribution in [-0.4, -0.2) is 43.2 Å². The average molecular weight is 467 g/mol. The number of nitrogen functional groups attached to an aromatic ring is 1. The topological polar surface area (TPSA) is 89.7 Å². The Morgan fingerprint density at radius 3 is 2.35 bits per heavy atom. The summed E-state index contributed by atoms with van der Waals surface area (Å²) >= 11 is 0. The molecular formula is C26H31FN4O3. The van der Waals surface area contributed by atoms with E-state index >= 15 is 0 Å². The van der Waals surface area contributed by atoms with Crippen LogP contribution in [0, 0.1) is 5.82 Å². The third kappa shape index (κ3) is 7.18. The molecular weight excluding hydrogens is 435 g/mol. The van der Waals surface area contributed by atoms with Crippen LogP contribution in [0.4, 0.5) is 15.8 Å². The molecule has 8 heteroatoms. The number of ether oxygens (including phenoxy) is 2. The molecule has 180 valence electrons. The average Bonchev–Trinajstić information content (AvgIpc) is 2.82. The van der Waals surface area contributed by atoms with Crippen molar-refractivity contribution in [1.29, 1.82) is 0 Å². The van der Waals surface area contributed by atoms with E-state index < -0.39 is 5.82 Å². The summed E-state index contributed by atoms with van der Waals surface area (Å²) in [5.41, 5.74) is 8.61. The Balaban J connectivity index is 0.000000406. The number of nitrogens with zero attached hydrogens (tertiary/aromatic N) is 2. The number of rotatable bonds is 5. The fraction of sp³-hybridized carbons (Fsp3) is 0.308. The molecule has 0 unspecified atom stereocenters. The molecule has 1 aliphatic rings. The summed E-state index contributed by atoms with van der Waals surface area (Å²) < 4.78 is 24.5. The number of anilines is 2. The Labute approximate surface area is 199 Å². The minimum absolute atomic E-state index is 0.133. The minimum atomic E-state index is -0.494. The molecule has 3 N–H and O–H groups in total. The molecule has 0 aliphatic carbocycles. The number of piperazine rings is 1. The first kappa shape index (κ1) is 25.0.